The Hall–Kier alpha value is -4.19. The monoisotopic (exact) mass is 501 g/mol. The third-order valence-electron chi connectivity index (χ3n) is 7.15. The highest BCUT2D eigenvalue weighted by Gasteiger charge is 2.56. The van der Waals surface area contributed by atoms with Crippen molar-refractivity contribution in [2.45, 2.75) is 58.0 Å². The fourth-order valence-corrected chi connectivity index (χ4v) is 5.28. The van der Waals surface area contributed by atoms with Gasteiger partial charge in [0, 0.05) is 24.3 Å². The first kappa shape index (κ1) is 25.9. The number of carbonyl (C=O) groups is 4. The van der Waals surface area contributed by atoms with Gasteiger partial charge < -0.3 is 20.9 Å². The fraction of sp³-hybridized carbons (Fsp3) is 0.393. The second-order valence-corrected chi connectivity index (χ2v) is 10.3. The summed E-state index contributed by atoms with van der Waals surface area (Å²) in [6, 6.07) is 13.1. The predicted molar refractivity (Wildman–Crippen MR) is 138 cm³/mol. The first-order valence-electron chi connectivity index (χ1n) is 12.4. The molecule has 4 amide bonds. The van der Waals surface area contributed by atoms with E-state index in [9.17, 15) is 24.4 Å². The summed E-state index contributed by atoms with van der Waals surface area (Å²) in [6.45, 7) is 7.47. The first-order valence-corrected chi connectivity index (χ1v) is 12.4. The van der Waals surface area contributed by atoms with Gasteiger partial charge in [-0.15, -0.1) is 0 Å². The Morgan fingerprint density at radius 1 is 1.11 bits per heavy atom. The summed E-state index contributed by atoms with van der Waals surface area (Å²) in [7, 11) is 0. The van der Waals surface area contributed by atoms with Crippen LogP contribution in [0, 0.1) is 31.1 Å². The van der Waals surface area contributed by atoms with Crippen LogP contribution < -0.4 is 16.0 Å². The average molecular weight is 502 g/mol. The molecule has 9 heteroatoms. The number of nitrogens with one attached hydrogen (secondary N) is 3. The normalized spacial score (nSPS) is 20.8. The number of hydrogen-bond acceptors (Lipinski definition) is 5. The number of hydrogen-bond donors (Lipinski definition) is 3. The van der Waals surface area contributed by atoms with Gasteiger partial charge in [0.1, 0.15) is 12.1 Å². The standard InChI is InChI=1S/C28H31N5O4/c1-16(2)12-22(30-24(34)25(35)32-23-17(3)8-7-9-18(23)4)26(36)33-15-28(13-19(33)14-29)20-10-5-6-11-21(20)31-27(28)37/h5-11,16,19,22H,12-13,15H2,1-4H3,(H,30,34)(H,31,37)(H,32,35)/t19-,22-,28-/m0/s1. The van der Waals surface area contributed by atoms with Gasteiger partial charge in [-0.2, -0.15) is 5.26 Å². The van der Waals surface area contributed by atoms with E-state index in [-0.39, 0.29) is 31.2 Å². The van der Waals surface area contributed by atoms with Crippen LogP contribution in [0.25, 0.3) is 0 Å². The molecule has 0 saturated carbocycles. The van der Waals surface area contributed by atoms with Gasteiger partial charge in [-0.1, -0.05) is 50.2 Å². The maximum atomic E-state index is 13.7. The molecule has 2 aliphatic rings. The summed E-state index contributed by atoms with van der Waals surface area (Å²) >= 11 is 0. The molecule has 0 aliphatic carbocycles. The highest BCUT2D eigenvalue weighted by molar-refractivity contribution is 6.40. The number of likely N-dealkylation sites (tertiary alicyclic amines) is 1. The summed E-state index contributed by atoms with van der Waals surface area (Å²) in [6.07, 6.45) is 0.430. The van der Waals surface area contributed by atoms with E-state index in [1.807, 2.05) is 64.1 Å². The number of benzene rings is 2. The van der Waals surface area contributed by atoms with Gasteiger partial charge in [-0.3, -0.25) is 19.2 Å². The number of fused-ring (bicyclic) bond motifs is 2. The van der Waals surface area contributed by atoms with E-state index in [4.69, 9.17) is 0 Å². The number of aryl methyl sites for hydroxylation is 2. The minimum atomic E-state index is -1.03. The van der Waals surface area contributed by atoms with E-state index in [1.54, 1.807) is 6.07 Å². The molecule has 1 spiro atoms. The molecule has 2 heterocycles. The second kappa shape index (κ2) is 10.1. The van der Waals surface area contributed by atoms with Gasteiger partial charge >= 0.3 is 11.8 Å². The number of nitrogens with zero attached hydrogens (tertiary/aromatic N) is 2. The molecule has 1 saturated heterocycles. The van der Waals surface area contributed by atoms with Crippen molar-refractivity contribution in [3.05, 3.63) is 59.2 Å². The number of para-hydroxylation sites is 2. The number of nitriles is 1. The highest BCUT2D eigenvalue weighted by Crippen LogP contribution is 2.46. The lowest BCUT2D eigenvalue weighted by Crippen LogP contribution is -2.53. The van der Waals surface area contributed by atoms with Crippen molar-refractivity contribution in [3.8, 4) is 6.07 Å². The van der Waals surface area contributed by atoms with Gasteiger partial charge in [0.2, 0.25) is 11.8 Å². The average Bonchev–Trinajstić information content (AvgIpc) is 3.38. The van der Waals surface area contributed by atoms with Crippen molar-refractivity contribution < 1.29 is 19.2 Å². The van der Waals surface area contributed by atoms with E-state index < -0.39 is 35.2 Å². The molecular formula is C28H31N5O4. The van der Waals surface area contributed by atoms with Crippen LogP contribution in [0.4, 0.5) is 11.4 Å². The molecule has 3 N–H and O–H groups in total. The molecule has 3 atom stereocenters. The smallest absolute Gasteiger partial charge is 0.313 e. The van der Waals surface area contributed by atoms with Crippen LogP contribution >= 0.6 is 0 Å². The van der Waals surface area contributed by atoms with Crippen LogP contribution in [0.1, 0.15) is 43.4 Å². The van der Waals surface area contributed by atoms with E-state index >= 15 is 0 Å². The molecule has 2 aromatic rings. The Kier molecular flexibility index (Phi) is 7.03. The molecule has 9 nitrogen and oxygen atoms in total. The van der Waals surface area contributed by atoms with Crippen molar-refractivity contribution in [1.82, 2.24) is 10.2 Å². The first-order chi connectivity index (χ1) is 17.6. The zero-order chi connectivity index (χ0) is 26.9. The zero-order valence-corrected chi connectivity index (χ0v) is 21.4. The van der Waals surface area contributed by atoms with Crippen molar-refractivity contribution in [2.24, 2.45) is 5.92 Å². The third-order valence-corrected chi connectivity index (χ3v) is 7.15. The Morgan fingerprint density at radius 3 is 2.43 bits per heavy atom. The fourth-order valence-electron chi connectivity index (χ4n) is 5.28. The highest BCUT2D eigenvalue weighted by atomic mass is 16.2. The van der Waals surface area contributed by atoms with Gasteiger partial charge in [-0.05, 0) is 48.9 Å². The molecule has 0 bridgehead atoms. The van der Waals surface area contributed by atoms with Gasteiger partial charge in [0.25, 0.3) is 0 Å². The predicted octanol–water partition coefficient (Wildman–Crippen LogP) is 2.79. The summed E-state index contributed by atoms with van der Waals surface area (Å²) < 4.78 is 0. The molecule has 0 radical (unpaired) electrons. The topological polar surface area (TPSA) is 131 Å². The van der Waals surface area contributed by atoms with Crippen LogP contribution in [0.2, 0.25) is 0 Å². The maximum Gasteiger partial charge on any atom is 0.313 e. The molecule has 2 aromatic carbocycles. The van der Waals surface area contributed by atoms with E-state index in [0.29, 0.717) is 11.4 Å². The number of amides is 4. The minimum absolute atomic E-state index is 0.0172. The summed E-state index contributed by atoms with van der Waals surface area (Å²) in [5.41, 5.74) is 2.57. The van der Waals surface area contributed by atoms with Crippen LogP contribution in [0.5, 0.6) is 0 Å². The van der Waals surface area contributed by atoms with Gasteiger partial charge in [-0.25, -0.2) is 0 Å². The number of anilines is 2. The van der Waals surface area contributed by atoms with E-state index in [1.165, 1.54) is 4.90 Å². The molecule has 4 rings (SSSR count). The van der Waals surface area contributed by atoms with Crippen LogP contribution in [0.3, 0.4) is 0 Å². The van der Waals surface area contributed by atoms with E-state index in [0.717, 1.165) is 16.7 Å². The third kappa shape index (κ3) is 4.79. The van der Waals surface area contributed by atoms with E-state index in [2.05, 4.69) is 22.0 Å². The molecule has 2 aliphatic heterocycles. The van der Waals surface area contributed by atoms with Crippen molar-refractivity contribution in [1.29, 1.82) is 5.26 Å². The second-order valence-electron chi connectivity index (χ2n) is 10.3. The Morgan fingerprint density at radius 2 is 1.78 bits per heavy atom. The summed E-state index contributed by atoms with van der Waals surface area (Å²) in [4.78, 5) is 53.8. The SMILES string of the molecule is Cc1cccc(C)c1NC(=O)C(=O)N[C@@H](CC(C)C)C(=O)N1C[C@]2(C[C@H]1C#N)C(=O)Nc1ccccc12. The van der Waals surface area contributed by atoms with Crippen molar-refractivity contribution in [2.75, 3.05) is 17.2 Å². The molecule has 0 aromatic heterocycles. The zero-order valence-electron chi connectivity index (χ0n) is 21.4. The molecule has 0 unspecified atom stereocenters. The lowest BCUT2D eigenvalue weighted by atomic mass is 9.80. The molecule has 1 fully saturated rings. The largest absolute Gasteiger partial charge is 0.336 e. The Labute approximate surface area is 216 Å². The maximum absolute atomic E-state index is 13.7. The van der Waals surface area contributed by atoms with Crippen LogP contribution in [0.15, 0.2) is 42.5 Å². The molecule has 37 heavy (non-hydrogen) atoms. The lowest BCUT2D eigenvalue weighted by molar-refractivity contribution is -0.140. The van der Waals surface area contributed by atoms with Crippen LogP contribution in [-0.4, -0.2) is 47.2 Å². The lowest BCUT2D eigenvalue weighted by Gasteiger charge is -2.28. The van der Waals surface area contributed by atoms with Crippen molar-refractivity contribution in [3.63, 3.8) is 0 Å². The summed E-state index contributed by atoms with van der Waals surface area (Å²) in [5, 5.41) is 18.0. The van der Waals surface area contributed by atoms with Crippen LogP contribution in [-0.2, 0) is 24.6 Å². The van der Waals surface area contributed by atoms with Gasteiger partial charge in [0.05, 0.1) is 11.5 Å². The molecule has 192 valence electrons. The van der Waals surface area contributed by atoms with Crippen molar-refractivity contribution >= 4 is 35.0 Å². The quantitative estimate of drug-likeness (QED) is 0.542. The number of carbonyl (C=O) groups excluding carboxylic acids is 4. The Balaban J connectivity index is 1.55. The van der Waals surface area contributed by atoms with Gasteiger partial charge in [0.15, 0.2) is 0 Å². The minimum Gasteiger partial charge on any atom is -0.336 e. The Bertz CT molecular complexity index is 1290. The number of rotatable bonds is 5. The molecular weight excluding hydrogens is 470 g/mol. The summed E-state index contributed by atoms with van der Waals surface area (Å²) in [5.74, 6) is -2.53.